The third-order valence-corrected chi connectivity index (χ3v) is 2.71. The molecule has 1 unspecified atom stereocenters. The highest BCUT2D eigenvalue weighted by molar-refractivity contribution is 5.35. The van der Waals surface area contributed by atoms with Gasteiger partial charge in [0, 0.05) is 13.1 Å². The SMILES string of the molecule is CCc1cc(O)cc(C2CNCCO2)c1. The van der Waals surface area contributed by atoms with Crippen LogP contribution in [0.4, 0.5) is 0 Å². The summed E-state index contributed by atoms with van der Waals surface area (Å²) in [6, 6.07) is 5.70. The van der Waals surface area contributed by atoms with E-state index in [0.717, 1.165) is 37.2 Å². The van der Waals surface area contributed by atoms with Crippen LogP contribution in [0.3, 0.4) is 0 Å². The summed E-state index contributed by atoms with van der Waals surface area (Å²) in [7, 11) is 0. The summed E-state index contributed by atoms with van der Waals surface area (Å²) in [5.74, 6) is 0.332. The number of phenolic OH excluding ortho intramolecular Hbond substituents is 1. The molecule has 1 aliphatic heterocycles. The van der Waals surface area contributed by atoms with Crippen LogP contribution in [-0.2, 0) is 11.2 Å². The van der Waals surface area contributed by atoms with Gasteiger partial charge in [0.15, 0.2) is 0 Å². The summed E-state index contributed by atoms with van der Waals surface area (Å²) in [5.41, 5.74) is 2.22. The molecule has 3 nitrogen and oxygen atoms in total. The summed E-state index contributed by atoms with van der Waals surface area (Å²) >= 11 is 0. The molecule has 0 radical (unpaired) electrons. The van der Waals surface area contributed by atoms with Crippen LogP contribution in [0.15, 0.2) is 18.2 Å². The predicted octanol–water partition coefficient (Wildman–Crippen LogP) is 1.62. The minimum absolute atomic E-state index is 0.0798. The highest BCUT2D eigenvalue weighted by atomic mass is 16.5. The number of ether oxygens (including phenoxy) is 1. The van der Waals surface area contributed by atoms with E-state index < -0.39 is 0 Å². The van der Waals surface area contributed by atoms with Gasteiger partial charge in [-0.15, -0.1) is 0 Å². The van der Waals surface area contributed by atoms with Gasteiger partial charge in [0.1, 0.15) is 5.75 Å². The minimum atomic E-state index is 0.0798. The number of hydrogen-bond acceptors (Lipinski definition) is 3. The smallest absolute Gasteiger partial charge is 0.116 e. The molecule has 3 heteroatoms. The lowest BCUT2D eigenvalue weighted by Crippen LogP contribution is -2.33. The Hall–Kier alpha value is -1.06. The van der Waals surface area contributed by atoms with Gasteiger partial charge in [0.05, 0.1) is 12.7 Å². The van der Waals surface area contributed by atoms with E-state index in [1.165, 1.54) is 0 Å². The summed E-state index contributed by atoms with van der Waals surface area (Å²) < 4.78 is 5.64. The quantitative estimate of drug-likeness (QED) is 0.774. The van der Waals surface area contributed by atoms with Crippen molar-refractivity contribution in [3.8, 4) is 5.75 Å². The highest BCUT2D eigenvalue weighted by Crippen LogP contribution is 2.24. The van der Waals surface area contributed by atoms with E-state index in [-0.39, 0.29) is 6.10 Å². The highest BCUT2D eigenvalue weighted by Gasteiger charge is 2.16. The normalized spacial score (nSPS) is 21.5. The van der Waals surface area contributed by atoms with Gasteiger partial charge in [-0.3, -0.25) is 0 Å². The molecule has 0 amide bonds. The fourth-order valence-corrected chi connectivity index (χ4v) is 1.87. The minimum Gasteiger partial charge on any atom is -0.508 e. The van der Waals surface area contributed by atoms with Crippen LogP contribution < -0.4 is 5.32 Å². The summed E-state index contributed by atoms with van der Waals surface area (Å²) in [5, 5.41) is 12.9. The van der Waals surface area contributed by atoms with Crippen LogP contribution in [0.1, 0.15) is 24.2 Å². The maximum atomic E-state index is 9.58. The second-order valence-corrected chi connectivity index (χ2v) is 3.85. The van der Waals surface area contributed by atoms with E-state index >= 15 is 0 Å². The molecule has 1 fully saturated rings. The van der Waals surface area contributed by atoms with Gasteiger partial charge in [-0.1, -0.05) is 13.0 Å². The first-order valence-corrected chi connectivity index (χ1v) is 5.44. The average molecular weight is 207 g/mol. The van der Waals surface area contributed by atoms with Crippen LogP contribution in [-0.4, -0.2) is 24.8 Å². The molecule has 1 atom stereocenters. The largest absolute Gasteiger partial charge is 0.508 e. The Morgan fingerprint density at radius 1 is 1.47 bits per heavy atom. The zero-order chi connectivity index (χ0) is 10.7. The lowest BCUT2D eigenvalue weighted by atomic mass is 10.0. The molecule has 0 bridgehead atoms. The Morgan fingerprint density at radius 3 is 3.00 bits per heavy atom. The number of morpholine rings is 1. The number of rotatable bonds is 2. The predicted molar refractivity (Wildman–Crippen MR) is 59.0 cm³/mol. The molecule has 2 N–H and O–H groups in total. The molecule has 0 aromatic heterocycles. The van der Waals surface area contributed by atoms with Gasteiger partial charge in [-0.2, -0.15) is 0 Å². The van der Waals surface area contributed by atoms with Crippen LogP contribution in [0.2, 0.25) is 0 Å². The summed E-state index contributed by atoms with van der Waals surface area (Å²) in [6.45, 7) is 4.56. The molecule has 1 saturated heterocycles. The zero-order valence-electron chi connectivity index (χ0n) is 8.99. The van der Waals surface area contributed by atoms with Gasteiger partial charge in [-0.05, 0) is 29.7 Å². The summed E-state index contributed by atoms with van der Waals surface area (Å²) in [4.78, 5) is 0. The van der Waals surface area contributed by atoms with Gasteiger partial charge >= 0.3 is 0 Å². The van der Waals surface area contributed by atoms with E-state index in [2.05, 4.69) is 18.3 Å². The Morgan fingerprint density at radius 2 is 2.33 bits per heavy atom. The van der Waals surface area contributed by atoms with Crippen molar-refractivity contribution in [3.05, 3.63) is 29.3 Å². The Bertz CT molecular complexity index is 332. The summed E-state index contributed by atoms with van der Waals surface area (Å²) in [6.07, 6.45) is 1.01. The molecular formula is C12H17NO2. The number of phenols is 1. The molecule has 1 aliphatic rings. The lowest BCUT2D eigenvalue weighted by Gasteiger charge is -2.24. The second kappa shape index (κ2) is 4.64. The van der Waals surface area contributed by atoms with Gasteiger partial charge in [0.2, 0.25) is 0 Å². The molecule has 0 aliphatic carbocycles. The number of nitrogens with one attached hydrogen (secondary N) is 1. The average Bonchev–Trinajstić information content (AvgIpc) is 2.29. The molecule has 1 heterocycles. The molecule has 1 aromatic rings. The van der Waals surface area contributed by atoms with E-state index in [1.54, 1.807) is 12.1 Å². The van der Waals surface area contributed by atoms with Crippen LogP contribution in [0.5, 0.6) is 5.75 Å². The first-order valence-electron chi connectivity index (χ1n) is 5.44. The molecule has 1 aromatic carbocycles. The monoisotopic (exact) mass is 207 g/mol. The number of aromatic hydroxyl groups is 1. The van der Waals surface area contributed by atoms with E-state index in [4.69, 9.17) is 4.74 Å². The van der Waals surface area contributed by atoms with Crippen molar-refractivity contribution in [3.63, 3.8) is 0 Å². The standard InChI is InChI=1S/C12H17NO2/c1-2-9-5-10(7-11(14)6-9)12-8-13-3-4-15-12/h5-7,12-14H,2-4,8H2,1H3. The fourth-order valence-electron chi connectivity index (χ4n) is 1.87. The van der Waals surface area contributed by atoms with E-state index in [0.29, 0.717) is 5.75 Å². The van der Waals surface area contributed by atoms with E-state index in [9.17, 15) is 5.11 Å². The first kappa shape index (κ1) is 10.5. The van der Waals surface area contributed by atoms with Crippen molar-refractivity contribution in [2.45, 2.75) is 19.4 Å². The maximum absolute atomic E-state index is 9.58. The van der Waals surface area contributed by atoms with Gasteiger partial charge in [-0.25, -0.2) is 0 Å². The van der Waals surface area contributed by atoms with E-state index in [1.807, 2.05) is 0 Å². The van der Waals surface area contributed by atoms with Crippen LogP contribution in [0, 0.1) is 0 Å². The Kier molecular flexibility index (Phi) is 3.23. The van der Waals surface area contributed by atoms with Crippen molar-refractivity contribution in [2.75, 3.05) is 19.7 Å². The second-order valence-electron chi connectivity index (χ2n) is 3.85. The van der Waals surface area contributed by atoms with Gasteiger partial charge < -0.3 is 15.2 Å². The fraction of sp³-hybridized carbons (Fsp3) is 0.500. The topological polar surface area (TPSA) is 41.5 Å². The Balaban J connectivity index is 2.22. The molecule has 0 saturated carbocycles. The molecule has 0 spiro atoms. The molecular weight excluding hydrogens is 190 g/mol. The van der Waals surface area contributed by atoms with Crippen LogP contribution in [0.25, 0.3) is 0 Å². The maximum Gasteiger partial charge on any atom is 0.116 e. The molecule has 15 heavy (non-hydrogen) atoms. The number of hydrogen-bond donors (Lipinski definition) is 2. The number of aryl methyl sites for hydroxylation is 1. The van der Waals surface area contributed by atoms with Crippen molar-refractivity contribution in [2.24, 2.45) is 0 Å². The first-order chi connectivity index (χ1) is 7.29. The van der Waals surface area contributed by atoms with Crippen molar-refractivity contribution in [1.82, 2.24) is 5.32 Å². The lowest BCUT2D eigenvalue weighted by molar-refractivity contribution is 0.0275. The van der Waals surface area contributed by atoms with Crippen LogP contribution >= 0.6 is 0 Å². The molecule has 82 valence electrons. The van der Waals surface area contributed by atoms with Crippen molar-refractivity contribution in [1.29, 1.82) is 0 Å². The zero-order valence-corrected chi connectivity index (χ0v) is 8.99. The Labute approximate surface area is 90.1 Å². The van der Waals surface area contributed by atoms with Crippen molar-refractivity contribution < 1.29 is 9.84 Å². The molecule has 2 rings (SSSR count). The van der Waals surface area contributed by atoms with Crippen molar-refractivity contribution >= 4 is 0 Å². The van der Waals surface area contributed by atoms with Gasteiger partial charge in [0.25, 0.3) is 0 Å². The number of benzene rings is 1. The third kappa shape index (κ3) is 2.49. The third-order valence-electron chi connectivity index (χ3n) is 2.71.